The van der Waals surface area contributed by atoms with E-state index >= 15 is 0 Å². The summed E-state index contributed by atoms with van der Waals surface area (Å²) in [5.41, 5.74) is 1.62. The minimum absolute atomic E-state index is 0.185. The molecule has 0 amide bonds. The number of halogens is 1. The van der Waals surface area contributed by atoms with E-state index in [1.807, 2.05) is 0 Å². The van der Waals surface area contributed by atoms with Gasteiger partial charge in [0.05, 0.1) is 0 Å². The molecule has 1 rings (SSSR count). The molecule has 0 aliphatic carbocycles. The van der Waals surface area contributed by atoms with Crippen molar-refractivity contribution in [1.29, 1.82) is 0 Å². The smallest absolute Gasteiger partial charge is 0.0210 e. The molecule has 0 bridgehead atoms. The lowest BCUT2D eigenvalue weighted by Gasteiger charge is -2.26. The Kier molecular flexibility index (Phi) is 7.09. The largest absolute Gasteiger partial charge is 0.311 e. The second-order valence-electron chi connectivity index (χ2n) is 6.35. The number of hydrogen-bond acceptors (Lipinski definition) is 1. The third-order valence-electron chi connectivity index (χ3n) is 3.38. The third kappa shape index (κ3) is 6.58. The van der Waals surface area contributed by atoms with Gasteiger partial charge < -0.3 is 5.32 Å². The van der Waals surface area contributed by atoms with Gasteiger partial charge in [0.2, 0.25) is 0 Å². The van der Waals surface area contributed by atoms with Crippen molar-refractivity contribution in [3.05, 3.63) is 34.3 Å². The summed E-state index contributed by atoms with van der Waals surface area (Å²) >= 11 is 3.70. The van der Waals surface area contributed by atoms with Gasteiger partial charge in [0.1, 0.15) is 0 Å². The average molecular weight is 326 g/mol. The molecule has 1 aromatic rings. The molecule has 1 aromatic carbocycles. The Labute approximate surface area is 127 Å². The predicted molar refractivity (Wildman–Crippen MR) is 88.8 cm³/mol. The maximum atomic E-state index is 3.70. The van der Waals surface area contributed by atoms with Crippen LogP contribution in [0.25, 0.3) is 0 Å². The second-order valence-corrected chi connectivity index (χ2v) is 7.20. The van der Waals surface area contributed by atoms with Crippen molar-refractivity contribution in [2.24, 2.45) is 0 Å². The van der Waals surface area contributed by atoms with Gasteiger partial charge in [0, 0.05) is 16.6 Å². The minimum Gasteiger partial charge on any atom is -0.311 e. The summed E-state index contributed by atoms with van der Waals surface area (Å²) in [6, 6.07) is 8.64. The Balaban J connectivity index is 2.71. The van der Waals surface area contributed by atoms with E-state index < -0.39 is 0 Å². The second kappa shape index (κ2) is 8.06. The highest BCUT2D eigenvalue weighted by molar-refractivity contribution is 9.10. The average Bonchev–Trinajstić information content (AvgIpc) is 2.33. The quantitative estimate of drug-likeness (QED) is 0.652. The van der Waals surface area contributed by atoms with Gasteiger partial charge >= 0.3 is 0 Å². The van der Waals surface area contributed by atoms with Gasteiger partial charge in [-0.15, -0.1) is 0 Å². The first-order valence-electron chi connectivity index (χ1n) is 7.43. The molecule has 0 saturated carbocycles. The van der Waals surface area contributed by atoms with Crippen LogP contribution in [0.1, 0.15) is 64.9 Å². The van der Waals surface area contributed by atoms with Gasteiger partial charge in [-0.25, -0.2) is 0 Å². The fraction of sp³-hybridized carbons (Fsp3) is 0.647. The van der Waals surface area contributed by atoms with Crippen molar-refractivity contribution in [1.82, 2.24) is 5.32 Å². The summed E-state index contributed by atoms with van der Waals surface area (Å²) in [5, 5.41) is 3.65. The fourth-order valence-corrected chi connectivity index (χ4v) is 2.85. The first-order chi connectivity index (χ1) is 8.94. The van der Waals surface area contributed by atoms with E-state index in [1.165, 1.54) is 35.7 Å². The molecule has 1 N–H and O–H groups in total. The number of benzene rings is 1. The van der Waals surface area contributed by atoms with Crippen molar-refractivity contribution in [3.8, 4) is 0 Å². The molecular formula is C17H28BrN. The SMILES string of the molecule is CCCCCC(CNC(C)(C)C)c1ccccc1Br. The van der Waals surface area contributed by atoms with Crippen LogP contribution >= 0.6 is 15.9 Å². The van der Waals surface area contributed by atoms with Crippen LogP contribution in [0.5, 0.6) is 0 Å². The summed E-state index contributed by atoms with van der Waals surface area (Å²) in [6.45, 7) is 10.0. The Morgan fingerprint density at radius 3 is 2.42 bits per heavy atom. The highest BCUT2D eigenvalue weighted by Crippen LogP contribution is 2.29. The van der Waals surface area contributed by atoms with Gasteiger partial charge in [-0.2, -0.15) is 0 Å². The van der Waals surface area contributed by atoms with Crippen molar-refractivity contribution in [2.45, 2.75) is 64.8 Å². The lowest BCUT2D eigenvalue weighted by atomic mass is 9.92. The van der Waals surface area contributed by atoms with E-state index in [0.29, 0.717) is 5.92 Å². The molecule has 0 heterocycles. The number of unbranched alkanes of at least 4 members (excludes halogenated alkanes) is 2. The van der Waals surface area contributed by atoms with Crippen LogP contribution in [0.2, 0.25) is 0 Å². The van der Waals surface area contributed by atoms with E-state index in [1.54, 1.807) is 0 Å². The lowest BCUT2D eigenvalue weighted by molar-refractivity contribution is 0.394. The molecule has 0 radical (unpaired) electrons. The van der Waals surface area contributed by atoms with Crippen molar-refractivity contribution >= 4 is 15.9 Å². The Bertz CT molecular complexity index is 368. The van der Waals surface area contributed by atoms with Gasteiger partial charge in [0.15, 0.2) is 0 Å². The van der Waals surface area contributed by atoms with Crippen LogP contribution in [-0.4, -0.2) is 12.1 Å². The molecular weight excluding hydrogens is 298 g/mol. The van der Waals surface area contributed by atoms with Crippen molar-refractivity contribution < 1.29 is 0 Å². The minimum atomic E-state index is 0.185. The van der Waals surface area contributed by atoms with Gasteiger partial charge in [0.25, 0.3) is 0 Å². The molecule has 0 aliphatic rings. The molecule has 0 aliphatic heterocycles. The summed E-state index contributed by atoms with van der Waals surface area (Å²) in [4.78, 5) is 0. The van der Waals surface area contributed by atoms with E-state index in [2.05, 4.69) is 73.2 Å². The lowest BCUT2D eigenvalue weighted by Crippen LogP contribution is -2.38. The van der Waals surface area contributed by atoms with Crippen molar-refractivity contribution in [3.63, 3.8) is 0 Å². The highest BCUT2D eigenvalue weighted by Gasteiger charge is 2.17. The van der Waals surface area contributed by atoms with Gasteiger partial charge in [-0.1, -0.05) is 60.3 Å². The molecule has 1 nitrogen and oxygen atoms in total. The van der Waals surface area contributed by atoms with E-state index in [0.717, 1.165) is 6.54 Å². The number of nitrogens with one attached hydrogen (secondary N) is 1. The maximum absolute atomic E-state index is 3.70. The molecule has 0 spiro atoms. The first kappa shape index (κ1) is 16.7. The summed E-state index contributed by atoms with van der Waals surface area (Å²) in [6.07, 6.45) is 5.19. The highest BCUT2D eigenvalue weighted by atomic mass is 79.9. The van der Waals surface area contributed by atoms with Crippen LogP contribution in [0.3, 0.4) is 0 Å². The summed E-state index contributed by atoms with van der Waals surface area (Å²) in [7, 11) is 0. The van der Waals surface area contributed by atoms with Crippen molar-refractivity contribution in [2.75, 3.05) is 6.54 Å². The topological polar surface area (TPSA) is 12.0 Å². The molecule has 1 atom stereocenters. The summed E-state index contributed by atoms with van der Waals surface area (Å²) in [5.74, 6) is 0.598. The maximum Gasteiger partial charge on any atom is 0.0210 e. The molecule has 1 unspecified atom stereocenters. The normalized spacial score (nSPS) is 13.5. The zero-order chi connectivity index (χ0) is 14.3. The van der Waals surface area contributed by atoms with Crippen LogP contribution in [0.15, 0.2) is 28.7 Å². The monoisotopic (exact) mass is 325 g/mol. The molecule has 2 heteroatoms. The summed E-state index contributed by atoms with van der Waals surface area (Å²) < 4.78 is 1.24. The van der Waals surface area contributed by atoms with Crippen LogP contribution in [0.4, 0.5) is 0 Å². The van der Waals surface area contributed by atoms with Crippen LogP contribution < -0.4 is 5.32 Å². The van der Waals surface area contributed by atoms with Gasteiger partial charge in [-0.3, -0.25) is 0 Å². The molecule has 0 aromatic heterocycles. The fourth-order valence-electron chi connectivity index (χ4n) is 2.24. The molecule has 0 fully saturated rings. The molecule has 19 heavy (non-hydrogen) atoms. The number of rotatable bonds is 7. The molecule has 0 saturated heterocycles. The van der Waals surface area contributed by atoms with E-state index in [4.69, 9.17) is 0 Å². The van der Waals surface area contributed by atoms with Crippen LogP contribution in [0, 0.1) is 0 Å². The van der Waals surface area contributed by atoms with Gasteiger partial charge in [-0.05, 0) is 44.7 Å². The Hall–Kier alpha value is -0.340. The van der Waals surface area contributed by atoms with E-state index in [9.17, 15) is 0 Å². The van der Waals surface area contributed by atoms with E-state index in [-0.39, 0.29) is 5.54 Å². The van der Waals surface area contributed by atoms with Crippen LogP contribution in [-0.2, 0) is 0 Å². The zero-order valence-corrected chi connectivity index (χ0v) is 14.4. The Morgan fingerprint density at radius 2 is 1.84 bits per heavy atom. The molecule has 108 valence electrons. The standard InChI is InChI=1S/C17H28BrN/c1-5-6-7-10-14(13-19-17(2,3)4)15-11-8-9-12-16(15)18/h8-9,11-12,14,19H,5-7,10,13H2,1-4H3. The number of hydrogen-bond donors (Lipinski definition) is 1. The third-order valence-corrected chi connectivity index (χ3v) is 4.10. The first-order valence-corrected chi connectivity index (χ1v) is 8.23. The zero-order valence-electron chi connectivity index (χ0n) is 12.8. The predicted octanol–water partition coefficient (Wildman–Crippen LogP) is 5.50. The Morgan fingerprint density at radius 1 is 1.16 bits per heavy atom.